The van der Waals surface area contributed by atoms with Crippen LogP contribution in [0.25, 0.3) is 16.9 Å². The van der Waals surface area contributed by atoms with Gasteiger partial charge in [0, 0.05) is 19.3 Å². The molecule has 2 bridgehead atoms. The summed E-state index contributed by atoms with van der Waals surface area (Å²) in [6.07, 6.45) is 5.35. The highest BCUT2D eigenvalue weighted by atomic mass is 16.5. The Kier molecular flexibility index (Phi) is 11.1. The Morgan fingerprint density at radius 2 is 1.73 bits per heavy atom. The van der Waals surface area contributed by atoms with Crippen molar-refractivity contribution >= 4 is 11.6 Å². The number of amides is 1. The van der Waals surface area contributed by atoms with E-state index in [1.807, 2.05) is 28.9 Å². The van der Waals surface area contributed by atoms with Gasteiger partial charge in [0.1, 0.15) is 11.5 Å². The molecule has 2 aliphatic carbocycles. The molecule has 3 aromatic rings. The number of benzene rings is 2. The van der Waals surface area contributed by atoms with Gasteiger partial charge in [-0.1, -0.05) is 33.8 Å². The summed E-state index contributed by atoms with van der Waals surface area (Å²) < 4.78 is 13.6. The van der Waals surface area contributed by atoms with Crippen LogP contribution in [0.3, 0.4) is 0 Å². The highest BCUT2D eigenvalue weighted by Gasteiger charge is 2.51. The van der Waals surface area contributed by atoms with Crippen molar-refractivity contribution < 1.29 is 19.4 Å². The molecule has 5 unspecified atom stereocenters. The highest BCUT2D eigenvalue weighted by Crippen LogP contribution is 2.50. The van der Waals surface area contributed by atoms with E-state index in [9.17, 15) is 9.90 Å². The van der Waals surface area contributed by atoms with Crippen LogP contribution in [0, 0.1) is 23.7 Å². The van der Waals surface area contributed by atoms with Crippen LogP contribution in [0.15, 0.2) is 42.5 Å². The van der Waals surface area contributed by atoms with Gasteiger partial charge >= 0.3 is 0 Å². The first kappa shape index (κ1) is 35.7. The lowest BCUT2D eigenvalue weighted by atomic mass is 9.56. The normalized spacial score (nSPS) is 23.8. The van der Waals surface area contributed by atoms with Crippen LogP contribution in [0.4, 0.5) is 5.69 Å². The SMILES string of the molecule is COc1cccc(OC)c1-c1cc(C(=O)NC2(CO)C(C)CC3CC(C)CC2C3)nn1-c1ccc(N(C)CCCN(C)C)cc1C(C)C. The van der Waals surface area contributed by atoms with Crippen LogP contribution in [0.5, 0.6) is 11.5 Å². The number of aliphatic hydroxyl groups is 1. The molecule has 5 atom stereocenters. The van der Waals surface area contributed by atoms with E-state index < -0.39 is 5.54 Å². The molecular formula is C39H57N5O4. The van der Waals surface area contributed by atoms with E-state index in [1.165, 1.54) is 6.42 Å². The molecule has 48 heavy (non-hydrogen) atoms. The summed E-state index contributed by atoms with van der Waals surface area (Å²) in [5.74, 6) is 2.79. The molecule has 9 nitrogen and oxygen atoms in total. The Hall–Kier alpha value is -3.56. The van der Waals surface area contributed by atoms with Gasteiger partial charge in [-0.3, -0.25) is 4.79 Å². The second kappa shape index (κ2) is 14.9. The van der Waals surface area contributed by atoms with Crippen molar-refractivity contribution in [2.45, 2.75) is 71.3 Å². The molecule has 9 heteroatoms. The van der Waals surface area contributed by atoms with Crippen molar-refractivity contribution in [3.8, 4) is 28.4 Å². The quantitative estimate of drug-likeness (QED) is 0.213. The first-order chi connectivity index (χ1) is 22.9. The van der Waals surface area contributed by atoms with Gasteiger partial charge in [-0.15, -0.1) is 0 Å². The van der Waals surface area contributed by atoms with Gasteiger partial charge in [-0.05, 0) is 124 Å². The van der Waals surface area contributed by atoms with Crippen LogP contribution in [-0.4, -0.2) is 86.3 Å². The van der Waals surface area contributed by atoms with Crippen molar-refractivity contribution in [1.82, 2.24) is 20.0 Å². The summed E-state index contributed by atoms with van der Waals surface area (Å²) in [5, 5.41) is 19.3. The molecule has 0 aliphatic heterocycles. The first-order valence-electron chi connectivity index (χ1n) is 17.7. The number of hydrogen-bond donors (Lipinski definition) is 2. The Balaban J connectivity index is 1.60. The molecule has 1 amide bonds. The van der Waals surface area contributed by atoms with Gasteiger partial charge < -0.3 is 29.7 Å². The molecule has 1 heterocycles. The van der Waals surface area contributed by atoms with Gasteiger partial charge in [0.25, 0.3) is 5.91 Å². The van der Waals surface area contributed by atoms with E-state index >= 15 is 0 Å². The number of carbonyl (C=O) groups excluding carboxylic acids is 1. The van der Waals surface area contributed by atoms with Crippen molar-refractivity contribution in [2.75, 3.05) is 60.0 Å². The van der Waals surface area contributed by atoms with E-state index in [0.29, 0.717) is 34.7 Å². The van der Waals surface area contributed by atoms with Crippen molar-refractivity contribution in [3.63, 3.8) is 0 Å². The Bertz CT molecular complexity index is 1540. The predicted octanol–water partition coefficient (Wildman–Crippen LogP) is 6.62. The van der Waals surface area contributed by atoms with Crippen LogP contribution < -0.4 is 19.7 Å². The average Bonchev–Trinajstić information content (AvgIpc) is 3.50. The predicted molar refractivity (Wildman–Crippen MR) is 194 cm³/mol. The van der Waals surface area contributed by atoms with Crippen LogP contribution in [0.1, 0.15) is 81.8 Å². The molecule has 262 valence electrons. The largest absolute Gasteiger partial charge is 0.496 e. The molecule has 1 aromatic heterocycles. The fraction of sp³-hybridized carbons (Fsp3) is 0.590. The number of aliphatic hydroxyl groups excluding tert-OH is 1. The lowest BCUT2D eigenvalue weighted by molar-refractivity contribution is -0.0304. The van der Waals surface area contributed by atoms with Crippen molar-refractivity contribution in [2.24, 2.45) is 23.7 Å². The number of fused-ring (bicyclic) bond motifs is 2. The highest BCUT2D eigenvalue weighted by molar-refractivity contribution is 5.95. The van der Waals surface area contributed by atoms with E-state index in [0.717, 1.165) is 61.3 Å². The van der Waals surface area contributed by atoms with E-state index in [1.54, 1.807) is 14.2 Å². The number of methoxy groups -OCH3 is 2. The van der Waals surface area contributed by atoms with E-state index in [2.05, 4.69) is 82.2 Å². The Morgan fingerprint density at radius 3 is 2.35 bits per heavy atom. The average molecular weight is 660 g/mol. The zero-order valence-electron chi connectivity index (χ0n) is 30.5. The maximum atomic E-state index is 14.3. The molecule has 0 spiro atoms. The topological polar surface area (TPSA) is 92.1 Å². The van der Waals surface area contributed by atoms with Crippen LogP contribution >= 0.6 is 0 Å². The summed E-state index contributed by atoms with van der Waals surface area (Å²) in [6.45, 7) is 10.7. The third-order valence-corrected chi connectivity index (χ3v) is 11.0. The standard InChI is InChI=1S/C39H57N5O4/c1-25(2)31-22-30(43(7)17-11-16-42(5)6)14-15-33(31)44-34(37-35(47-8)12-10-13-36(37)48-9)23-32(41-44)38(46)40-39(24-45)27(4)20-28-18-26(3)19-29(39)21-28/h10,12-15,22-23,25-29,45H,11,16-21,24H2,1-9H3,(H,40,46). The molecule has 2 aromatic carbocycles. The van der Waals surface area contributed by atoms with E-state index in [-0.39, 0.29) is 30.3 Å². The van der Waals surface area contributed by atoms with E-state index in [4.69, 9.17) is 14.6 Å². The molecule has 2 N–H and O–H groups in total. The maximum Gasteiger partial charge on any atom is 0.272 e. The molecule has 2 aliphatic rings. The van der Waals surface area contributed by atoms with Gasteiger partial charge in [0.15, 0.2) is 5.69 Å². The molecule has 0 radical (unpaired) electrons. The Labute approximate surface area is 287 Å². The van der Waals surface area contributed by atoms with Crippen LogP contribution in [0.2, 0.25) is 0 Å². The number of nitrogens with one attached hydrogen (secondary N) is 1. The molecule has 0 saturated heterocycles. The minimum atomic E-state index is -0.684. The van der Waals surface area contributed by atoms with Crippen LogP contribution in [-0.2, 0) is 0 Å². The summed E-state index contributed by atoms with van der Waals surface area (Å²) in [4.78, 5) is 18.8. The zero-order chi connectivity index (χ0) is 34.7. The molecule has 2 fully saturated rings. The Morgan fingerprint density at radius 1 is 1.02 bits per heavy atom. The third kappa shape index (κ3) is 7.08. The van der Waals surface area contributed by atoms with Gasteiger partial charge in [0.2, 0.25) is 0 Å². The fourth-order valence-corrected chi connectivity index (χ4v) is 8.44. The van der Waals surface area contributed by atoms with Gasteiger partial charge in [-0.25, -0.2) is 4.68 Å². The summed E-state index contributed by atoms with van der Waals surface area (Å²) in [5.41, 5.74) is 4.18. The second-order valence-electron chi connectivity index (χ2n) is 15.0. The second-order valence-corrected chi connectivity index (χ2v) is 15.0. The lowest BCUT2D eigenvalue weighted by Gasteiger charge is -2.54. The summed E-state index contributed by atoms with van der Waals surface area (Å²) >= 11 is 0. The van der Waals surface area contributed by atoms with Crippen molar-refractivity contribution in [3.05, 3.63) is 53.7 Å². The minimum Gasteiger partial charge on any atom is -0.496 e. The number of aromatic nitrogens is 2. The lowest BCUT2D eigenvalue weighted by Crippen LogP contribution is -2.64. The molecular weight excluding hydrogens is 602 g/mol. The summed E-state index contributed by atoms with van der Waals surface area (Å²) in [7, 11) is 9.62. The summed E-state index contributed by atoms with van der Waals surface area (Å²) in [6, 6.07) is 14.0. The number of ether oxygens (including phenoxy) is 2. The first-order valence-corrected chi connectivity index (χ1v) is 17.7. The van der Waals surface area contributed by atoms with Crippen molar-refractivity contribution in [1.29, 1.82) is 0 Å². The molecule has 5 rings (SSSR count). The number of carbonyl (C=O) groups is 1. The number of anilines is 1. The smallest absolute Gasteiger partial charge is 0.272 e. The number of rotatable bonds is 13. The van der Waals surface area contributed by atoms with Gasteiger partial charge in [0.05, 0.1) is 43.3 Å². The number of hydrogen-bond acceptors (Lipinski definition) is 7. The number of nitrogens with zero attached hydrogens (tertiary/aromatic N) is 4. The maximum absolute atomic E-state index is 14.3. The third-order valence-electron chi connectivity index (χ3n) is 11.0. The minimum absolute atomic E-state index is 0.0844. The fourth-order valence-electron chi connectivity index (χ4n) is 8.44. The monoisotopic (exact) mass is 659 g/mol. The van der Waals surface area contributed by atoms with Gasteiger partial charge in [-0.2, -0.15) is 5.10 Å². The zero-order valence-corrected chi connectivity index (χ0v) is 30.5. The molecule has 2 saturated carbocycles.